The number of amides is 1. The third-order valence-electron chi connectivity index (χ3n) is 2.57. The lowest BCUT2D eigenvalue weighted by Crippen LogP contribution is -2.37. The van der Waals surface area contributed by atoms with Crippen LogP contribution in [0, 0.1) is 5.41 Å². The van der Waals surface area contributed by atoms with Crippen molar-refractivity contribution in [1.82, 2.24) is 4.90 Å². The van der Waals surface area contributed by atoms with Gasteiger partial charge in [-0.15, -0.1) is 0 Å². The molecule has 3 heteroatoms. The number of nitrogens with zero attached hydrogens (tertiary/aromatic N) is 1. The Morgan fingerprint density at radius 3 is 2.64 bits per heavy atom. The van der Waals surface area contributed by atoms with Crippen molar-refractivity contribution in [3.63, 3.8) is 0 Å². The number of carbonyl (C=O) groups excluding carboxylic acids is 1. The molecule has 0 radical (unpaired) electrons. The highest BCUT2D eigenvalue weighted by Gasteiger charge is 2.40. The molecular formula is C8H16N2O. The molecule has 1 amide bonds. The van der Waals surface area contributed by atoms with Gasteiger partial charge >= 0.3 is 0 Å². The Kier molecular flexibility index (Phi) is 2.18. The fourth-order valence-electron chi connectivity index (χ4n) is 1.46. The Balaban J connectivity index is 2.69. The van der Waals surface area contributed by atoms with Gasteiger partial charge in [-0.2, -0.15) is 0 Å². The van der Waals surface area contributed by atoms with Crippen molar-refractivity contribution in [2.75, 3.05) is 19.6 Å². The molecule has 2 N–H and O–H groups in total. The molecular weight excluding hydrogens is 140 g/mol. The zero-order valence-electron chi connectivity index (χ0n) is 7.26. The normalized spacial score (nSPS) is 31.5. The quantitative estimate of drug-likeness (QED) is 0.621. The van der Waals surface area contributed by atoms with Crippen molar-refractivity contribution in [2.24, 2.45) is 11.1 Å². The summed E-state index contributed by atoms with van der Waals surface area (Å²) in [6.45, 7) is 6.12. The van der Waals surface area contributed by atoms with Gasteiger partial charge in [0.15, 0.2) is 0 Å². The second-order valence-corrected chi connectivity index (χ2v) is 3.40. The summed E-state index contributed by atoms with van der Waals surface area (Å²) in [5.41, 5.74) is 5.26. The zero-order valence-corrected chi connectivity index (χ0v) is 7.26. The summed E-state index contributed by atoms with van der Waals surface area (Å²) in [6.07, 6.45) is 0.913. The van der Waals surface area contributed by atoms with Crippen LogP contribution in [0.5, 0.6) is 0 Å². The van der Waals surface area contributed by atoms with Crippen molar-refractivity contribution in [2.45, 2.75) is 20.3 Å². The van der Waals surface area contributed by atoms with Crippen LogP contribution in [0.3, 0.4) is 0 Å². The number of hydrogen-bond donors (Lipinski definition) is 1. The molecule has 1 saturated heterocycles. The van der Waals surface area contributed by atoms with E-state index < -0.39 is 0 Å². The molecule has 1 aliphatic heterocycles. The lowest BCUT2D eigenvalue weighted by Gasteiger charge is -2.20. The van der Waals surface area contributed by atoms with Crippen LogP contribution in [0.4, 0.5) is 0 Å². The topological polar surface area (TPSA) is 46.3 Å². The van der Waals surface area contributed by atoms with E-state index in [-0.39, 0.29) is 11.3 Å². The molecule has 0 aromatic rings. The molecule has 11 heavy (non-hydrogen) atoms. The lowest BCUT2D eigenvalue weighted by molar-refractivity contribution is -0.134. The first-order valence-corrected chi connectivity index (χ1v) is 4.13. The van der Waals surface area contributed by atoms with Crippen LogP contribution in [-0.2, 0) is 4.79 Å². The maximum Gasteiger partial charge on any atom is 0.229 e. The van der Waals surface area contributed by atoms with E-state index in [4.69, 9.17) is 5.73 Å². The summed E-state index contributed by atoms with van der Waals surface area (Å²) in [5, 5.41) is 0. The first kappa shape index (κ1) is 8.53. The summed E-state index contributed by atoms with van der Waals surface area (Å²) in [5.74, 6) is 0.225. The first-order valence-electron chi connectivity index (χ1n) is 4.13. The Morgan fingerprint density at radius 2 is 2.36 bits per heavy atom. The monoisotopic (exact) mass is 156 g/mol. The Labute approximate surface area is 67.5 Å². The minimum absolute atomic E-state index is 0.225. The molecule has 1 rings (SSSR count). The Bertz CT molecular complexity index is 169. The standard InChI is InChI=1S/C8H16N2O/c1-3-10-5-4-8(2,6-9)7(10)11/h3-6,9H2,1-2H3/t8-/m1/s1. The molecule has 0 unspecified atom stereocenters. The fourth-order valence-corrected chi connectivity index (χ4v) is 1.46. The van der Waals surface area contributed by atoms with Gasteiger partial charge in [0.1, 0.15) is 0 Å². The number of hydrogen-bond acceptors (Lipinski definition) is 2. The van der Waals surface area contributed by atoms with Crippen LogP contribution in [-0.4, -0.2) is 30.4 Å². The molecule has 1 fully saturated rings. The molecule has 0 aliphatic carbocycles. The van der Waals surface area contributed by atoms with E-state index >= 15 is 0 Å². The molecule has 3 nitrogen and oxygen atoms in total. The molecule has 0 bridgehead atoms. The average Bonchev–Trinajstić information content (AvgIpc) is 2.31. The van der Waals surface area contributed by atoms with Crippen molar-refractivity contribution in [3.05, 3.63) is 0 Å². The van der Waals surface area contributed by atoms with E-state index in [0.717, 1.165) is 19.5 Å². The highest BCUT2D eigenvalue weighted by Crippen LogP contribution is 2.29. The summed E-state index contributed by atoms with van der Waals surface area (Å²) < 4.78 is 0. The van der Waals surface area contributed by atoms with E-state index in [9.17, 15) is 4.79 Å². The Hall–Kier alpha value is -0.570. The molecule has 1 heterocycles. The first-order chi connectivity index (χ1) is 5.14. The van der Waals surface area contributed by atoms with Crippen LogP contribution < -0.4 is 5.73 Å². The molecule has 1 atom stereocenters. The van der Waals surface area contributed by atoms with Crippen LogP contribution >= 0.6 is 0 Å². The summed E-state index contributed by atoms with van der Waals surface area (Å²) in [4.78, 5) is 13.4. The van der Waals surface area contributed by atoms with Crippen molar-refractivity contribution in [3.8, 4) is 0 Å². The van der Waals surface area contributed by atoms with Crippen LogP contribution in [0.2, 0.25) is 0 Å². The maximum absolute atomic E-state index is 11.5. The predicted octanol–water partition coefficient (Wildman–Crippen LogP) is 0.204. The smallest absolute Gasteiger partial charge is 0.229 e. The van der Waals surface area contributed by atoms with Gasteiger partial charge in [0.05, 0.1) is 5.41 Å². The SMILES string of the molecule is CCN1CC[C@](C)(CN)C1=O. The molecule has 1 aliphatic rings. The predicted molar refractivity (Wildman–Crippen MR) is 44.0 cm³/mol. The molecule has 0 saturated carbocycles. The van der Waals surface area contributed by atoms with Crippen molar-refractivity contribution in [1.29, 1.82) is 0 Å². The maximum atomic E-state index is 11.5. The largest absolute Gasteiger partial charge is 0.342 e. The van der Waals surface area contributed by atoms with E-state index in [0.29, 0.717) is 6.54 Å². The second-order valence-electron chi connectivity index (χ2n) is 3.40. The van der Waals surface area contributed by atoms with Gasteiger partial charge in [-0.05, 0) is 20.3 Å². The van der Waals surface area contributed by atoms with Gasteiger partial charge in [0, 0.05) is 19.6 Å². The van der Waals surface area contributed by atoms with Crippen molar-refractivity contribution < 1.29 is 4.79 Å². The van der Waals surface area contributed by atoms with E-state index in [2.05, 4.69) is 0 Å². The van der Waals surface area contributed by atoms with Gasteiger partial charge in [0.2, 0.25) is 5.91 Å². The second kappa shape index (κ2) is 2.81. The molecule has 64 valence electrons. The number of nitrogens with two attached hydrogens (primary N) is 1. The molecule has 0 aromatic carbocycles. The summed E-state index contributed by atoms with van der Waals surface area (Å²) >= 11 is 0. The van der Waals surface area contributed by atoms with Gasteiger partial charge in [-0.25, -0.2) is 0 Å². The van der Waals surface area contributed by atoms with Crippen LogP contribution in [0.25, 0.3) is 0 Å². The minimum Gasteiger partial charge on any atom is -0.342 e. The third kappa shape index (κ3) is 1.25. The highest BCUT2D eigenvalue weighted by molar-refractivity contribution is 5.84. The number of likely N-dealkylation sites (tertiary alicyclic amines) is 1. The summed E-state index contributed by atoms with van der Waals surface area (Å²) in [6, 6.07) is 0. The highest BCUT2D eigenvalue weighted by atomic mass is 16.2. The third-order valence-corrected chi connectivity index (χ3v) is 2.57. The zero-order chi connectivity index (χ0) is 8.48. The Morgan fingerprint density at radius 1 is 1.73 bits per heavy atom. The number of carbonyl (C=O) groups is 1. The van der Waals surface area contributed by atoms with Crippen molar-refractivity contribution >= 4 is 5.91 Å². The van der Waals surface area contributed by atoms with Gasteiger partial charge < -0.3 is 10.6 Å². The molecule has 0 spiro atoms. The van der Waals surface area contributed by atoms with E-state index in [1.807, 2.05) is 18.7 Å². The van der Waals surface area contributed by atoms with E-state index in [1.165, 1.54) is 0 Å². The molecule has 0 aromatic heterocycles. The summed E-state index contributed by atoms with van der Waals surface area (Å²) in [7, 11) is 0. The fraction of sp³-hybridized carbons (Fsp3) is 0.875. The van der Waals surface area contributed by atoms with E-state index in [1.54, 1.807) is 0 Å². The number of rotatable bonds is 2. The minimum atomic E-state index is -0.268. The van der Waals surface area contributed by atoms with Gasteiger partial charge in [-0.1, -0.05) is 0 Å². The van der Waals surface area contributed by atoms with Gasteiger partial charge in [0.25, 0.3) is 0 Å². The van der Waals surface area contributed by atoms with Crippen LogP contribution in [0.15, 0.2) is 0 Å². The van der Waals surface area contributed by atoms with Gasteiger partial charge in [-0.3, -0.25) is 4.79 Å². The van der Waals surface area contributed by atoms with Crippen LogP contribution in [0.1, 0.15) is 20.3 Å². The average molecular weight is 156 g/mol. The lowest BCUT2D eigenvalue weighted by atomic mass is 9.89.